The van der Waals surface area contributed by atoms with Gasteiger partial charge in [0.1, 0.15) is 7.28 Å². The molecule has 2 atom stereocenters. The van der Waals surface area contributed by atoms with Gasteiger partial charge < -0.3 is 5.32 Å². The van der Waals surface area contributed by atoms with Gasteiger partial charge in [-0.3, -0.25) is 0 Å². The lowest BCUT2D eigenvalue weighted by molar-refractivity contribution is 0.445. The van der Waals surface area contributed by atoms with Crippen LogP contribution < -0.4 is 5.32 Å². The zero-order valence-electron chi connectivity index (χ0n) is 8.27. The van der Waals surface area contributed by atoms with E-state index in [0.29, 0.717) is 5.94 Å². The minimum Gasteiger partial charge on any atom is -0.394 e. The first-order valence-corrected chi connectivity index (χ1v) is 4.97. The third-order valence-electron chi connectivity index (χ3n) is 2.65. The highest BCUT2D eigenvalue weighted by molar-refractivity contribution is 6.38. The Morgan fingerprint density at radius 2 is 2.33 bits per heavy atom. The molecule has 1 aliphatic rings. The number of nitrogens with one attached hydrogen (secondary N) is 1. The summed E-state index contributed by atoms with van der Waals surface area (Å²) in [5, 5.41) is 3.38. The molecule has 1 radical (unpaired) electrons. The lowest BCUT2D eigenvalue weighted by Gasteiger charge is -2.28. The molecule has 0 aromatic carbocycles. The summed E-state index contributed by atoms with van der Waals surface area (Å²) in [4.78, 5) is 0. The fraction of sp³-hybridized carbons (Fsp3) is 0.800. The van der Waals surface area contributed by atoms with E-state index in [2.05, 4.69) is 26.1 Å². The van der Waals surface area contributed by atoms with Crippen molar-refractivity contribution < 1.29 is 0 Å². The van der Waals surface area contributed by atoms with Gasteiger partial charge in [-0.05, 0) is 37.3 Å². The van der Waals surface area contributed by atoms with E-state index in [1.165, 1.54) is 25.6 Å². The van der Waals surface area contributed by atoms with Gasteiger partial charge in [-0.1, -0.05) is 26.2 Å². The van der Waals surface area contributed by atoms with Gasteiger partial charge in [-0.2, -0.15) is 0 Å². The second-order valence-corrected chi connectivity index (χ2v) is 3.85. The maximum absolute atomic E-state index is 3.86. The molecule has 67 valence electrons. The number of hydrogen-bond acceptors (Lipinski definition) is 1. The van der Waals surface area contributed by atoms with E-state index in [4.69, 9.17) is 0 Å². The van der Waals surface area contributed by atoms with Crippen molar-refractivity contribution in [3.63, 3.8) is 0 Å². The molecule has 1 saturated heterocycles. The van der Waals surface area contributed by atoms with Crippen molar-refractivity contribution in [1.29, 1.82) is 0 Å². The molecule has 0 spiro atoms. The molecule has 1 rings (SSSR count). The summed E-state index contributed by atoms with van der Waals surface area (Å²) in [7, 11) is 2.41. The maximum Gasteiger partial charge on any atom is 0.140 e. The third-order valence-corrected chi connectivity index (χ3v) is 2.65. The minimum absolute atomic E-state index is 0.588. The van der Waals surface area contributed by atoms with Crippen LogP contribution in [0, 0.1) is 5.92 Å². The van der Waals surface area contributed by atoms with Gasteiger partial charge in [0, 0.05) is 0 Å². The standard InChI is InChI=1S/C10H19BN/c1-4-9-5-6-10(11-7-9)12-8(2)3/h9-10,12H,2,4-7H2,1,3H3. The predicted molar refractivity (Wildman–Crippen MR) is 55.3 cm³/mol. The van der Waals surface area contributed by atoms with Crippen LogP contribution >= 0.6 is 0 Å². The van der Waals surface area contributed by atoms with Crippen LogP contribution in [0.4, 0.5) is 0 Å². The van der Waals surface area contributed by atoms with E-state index >= 15 is 0 Å². The van der Waals surface area contributed by atoms with Crippen LogP contribution in [0.25, 0.3) is 0 Å². The molecule has 2 heteroatoms. The number of allylic oxidation sites excluding steroid dienone is 1. The van der Waals surface area contributed by atoms with E-state index in [1.807, 2.05) is 6.92 Å². The molecule has 0 amide bonds. The Balaban J connectivity index is 2.21. The fourth-order valence-electron chi connectivity index (χ4n) is 1.83. The number of rotatable bonds is 3. The molecule has 1 N–H and O–H groups in total. The van der Waals surface area contributed by atoms with Crippen LogP contribution in [0.15, 0.2) is 12.3 Å². The summed E-state index contributed by atoms with van der Waals surface area (Å²) in [6, 6.07) is 0. The first kappa shape index (κ1) is 9.69. The second kappa shape index (κ2) is 4.59. The summed E-state index contributed by atoms with van der Waals surface area (Å²) in [5.74, 6) is 1.53. The lowest BCUT2D eigenvalue weighted by Crippen LogP contribution is -2.37. The molecule has 0 aromatic heterocycles. The van der Waals surface area contributed by atoms with E-state index in [0.717, 1.165) is 11.6 Å². The Bertz CT molecular complexity index is 148. The highest BCUT2D eigenvalue weighted by Gasteiger charge is 2.20. The van der Waals surface area contributed by atoms with E-state index < -0.39 is 0 Å². The molecular weight excluding hydrogens is 145 g/mol. The van der Waals surface area contributed by atoms with E-state index in [-0.39, 0.29) is 0 Å². The largest absolute Gasteiger partial charge is 0.394 e. The van der Waals surface area contributed by atoms with Crippen LogP contribution in [-0.2, 0) is 0 Å². The molecule has 0 bridgehead atoms. The molecule has 0 aromatic rings. The van der Waals surface area contributed by atoms with Gasteiger partial charge >= 0.3 is 0 Å². The van der Waals surface area contributed by atoms with Crippen LogP contribution in [0.2, 0.25) is 6.32 Å². The molecule has 1 fully saturated rings. The van der Waals surface area contributed by atoms with Crippen molar-refractivity contribution in [2.24, 2.45) is 5.92 Å². The Hall–Kier alpha value is -0.395. The third kappa shape index (κ3) is 2.92. The van der Waals surface area contributed by atoms with Crippen LogP contribution in [0.3, 0.4) is 0 Å². The first-order valence-electron chi connectivity index (χ1n) is 4.97. The van der Waals surface area contributed by atoms with E-state index in [1.54, 1.807) is 0 Å². The first-order chi connectivity index (χ1) is 5.72. The quantitative estimate of drug-likeness (QED) is 0.631. The average Bonchev–Trinajstić information content (AvgIpc) is 2.05. The van der Waals surface area contributed by atoms with Crippen molar-refractivity contribution in [2.75, 3.05) is 0 Å². The minimum atomic E-state index is 0.588. The lowest BCUT2D eigenvalue weighted by atomic mass is 9.56. The average molecular weight is 164 g/mol. The van der Waals surface area contributed by atoms with Crippen molar-refractivity contribution in [3.05, 3.63) is 12.3 Å². The number of hydrogen-bond donors (Lipinski definition) is 1. The highest BCUT2D eigenvalue weighted by Crippen LogP contribution is 2.22. The summed E-state index contributed by atoms with van der Waals surface area (Å²) in [6.45, 7) is 8.17. The Kier molecular flexibility index (Phi) is 3.70. The summed E-state index contributed by atoms with van der Waals surface area (Å²) < 4.78 is 0. The van der Waals surface area contributed by atoms with Gasteiger partial charge in [0.15, 0.2) is 0 Å². The smallest absolute Gasteiger partial charge is 0.140 e. The van der Waals surface area contributed by atoms with Crippen molar-refractivity contribution in [2.45, 2.75) is 45.4 Å². The van der Waals surface area contributed by atoms with Crippen LogP contribution in [0.1, 0.15) is 33.1 Å². The molecule has 1 nitrogen and oxygen atoms in total. The molecule has 1 aliphatic heterocycles. The van der Waals surface area contributed by atoms with Crippen molar-refractivity contribution in [3.8, 4) is 0 Å². The molecule has 2 unspecified atom stereocenters. The van der Waals surface area contributed by atoms with Gasteiger partial charge in [0.2, 0.25) is 0 Å². The van der Waals surface area contributed by atoms with Gasteiger partial charge in [-0.15, -0.1) is 0 Å². The Morgan fingerprint density at radius 1 is 1.58 bits per heavy atom. The molecule has 0 saturated carbocycles. The maximum atomic E-state index is 3.86. The topological polar surface area (TPSA) is 12.0 Å². The van der Waals surface area contributed by atoms with Crippen molar-refractivity contribution >= 4 is 7.28 Å². The van der Waals surface area contributed by atoms with Gasteiger partial charge in [0.25, 0.3) is 0 Å². The van der Waals surface area contributed by atoms with Crippen molar-refractivity contribution in [1.82, 2.24) is 5.32 Å². The monoisotopic (exact) mass is 164 g/mol. The summed E-state index contributed by atoms with van der Waals surface area (Å²) in [5.41, 5.74) is 1.09. The summed E-state index contributed by atoms with van der Waals surface area (Å²) in [6.07, 6.45) is 5.26. The SMILES string of the molecule is C=C(C)NC1[B]CC(CC)CC1. The Labute approximate surface area is 76.9 Å². The predicted octanol–water partition coefficient (Wildman–Crippen LogP) is 2.38. The zero-order valence-corrected chi connectivity index (χ0v) is 8.27. The summed E-state index contributed by atoms with van der Waals surface area (Å²) >= 11 is 0. The highest BCUT2D eigenvalue weighted by atomic mass is 14.9. The normalized spacial score (nSPS) is 29.2. The van der Waals surface area contributed by atoms with Crippen LogP contribution in [-0.4, -0.2) is 13.2 Å². The molecule has 12 heavy (non-hydrogen) atoms. The molecule has 1 heterocycles. The second-order valence-electron chi connectivity index (χ2n) is 3.85. The van der Waals surface area contributed by atoms with Gasteiger partial charge in [-0.25, -0.2) is 0 Å². The van der Waals surface area contributed by atoms with Crippen LogP contribution in [0.5, 0.6) is 0 Å². The molecule has 0 aliphatic carbocycles. The van der Waals surface area contributed by atoms with Gasteiger partial charge in [0.05, 0.1) is 0 Å². The zero-order chi connectivity index (χ0) is 8.97. The molecular formula is C10H19BN. The van der Waals surface area contributed by atoms with E-state index in [9.17, 15) is 0 Å². The fourth-order valence-corrected chi connectivity index (χ4v) is 1.83. The Morgan fingerprint density at radius 3 is 2.75 bits per heavy atom.